The number of hydrogen-bond acceptors (Lipinski definition) is 7. The molecule has 12 heteroatoms. The van der Waals surface area contributed by atoms with Crippen LogP contribution in [0.4, 0.5) is 24.8 Å². The molecule has 0 unspecified atom stereocenters. The van der Waals surface area contributed by atoms with Crippen molar-refractivity contribution in [3.05, 3.63) is 41.2 Å². The zero-order valence-electron chi connectivity index (χ0n) is 24.8. The molecule has 1 saturated heterocycles. The number of piperidine rings is 1. The molecule has 1 aliphatic heterocycles. The number of methoxy groups -OCH3 is 1. The van der Waals surface area contributed by atoms with Crippen LogP contribution in [-0.4, -0.2) is 77.5 Å². The number of hydrogen-bond donors (Lipinski definition) is 2. The van der Waals surface area contributed by atoms with Gasteiger partial charge in [-0.3, -0.25) is 9.59 Å². The summed E-state index contributed by atoms with van der Waals surface area (Å²) in [6.45, 7) is 5.73. The fraction of sp³-hybridized carbons (Fsp3) is 0.600. The lowest BCUT2D eigenvalue weighted by atomic mass is 9.80. The lowest BCUT2D eigenvalue weighted by Gasteiger charge is -2.39. The number of aromatic nitrogens is 2. The predicted octanol–water partition coefficient (Wildman–Crippen LogP) is 5.04. The quantitative estimate of drug-likeness (QED) is 0.422. The van der Waals surface area contributed by atoms with Gasteiger partial charge in [0.1, 0.15) is 5.75 Å². The Hall–Kier alpha value is -3.41. The van der Waals surface area contributed by atoms with Gasteiger partial charge in [0.05, 0.1) is 24.1 Å². The van der Waals surface area contributed by atoms with E-state index >= 15 is 0 Å². The zero-order chi connectivity index (χ0) is 30.4. The number of halogens is 3. The van der Waals surface area contributed by atoms with Gasteiger partial charge in [-0.25, -0.2) is 9.97 Å². The first-order valence-corrected chi connectivity index (χ1v) is 14.6. The van der Waals surface area contributed by atoms with E-state index in [0.717, 1.165) is 51.4 Å². The van der Waals surface area contributed by atoms with Crippen molar-refractivity contribution in [2.24, 2.45) is 5.92 Å². The van der Waals surface area contributed by atoms with Gasteiger partial charge in [-0.2, -0.15) is 13.2 Å². The van der Waals surface area contributed by atoms with E-state index in [0.29, 0.717) is 30.0 Å². The number of alkyl halides is 3. The number of anilines is 2. The fourth-order valence-corrected chi connectivity index (χ4v) is 6.12. The van der Waals surface area contributed by atoms with Crippen LogP contribution in [0.25, 0.3) is 0 Å². The van der Waals surface area contributed by atoms with Gasteiger partial charge >= 0.3 is 6.18 Å². The summed E-state index contributed by atoms with van der Waals surface area (Å²) in [5.41, 5.74) is -0.149. The third kappa shape index (κ3) is 7.70. The monoisotopic (exact) mass is 590 g/mol. The molecule has 4 rings (SSSR count). The molecule has 1 aliphatic carbocycles. The van der Waals surface area contributed by atoms with Crippen LogP contribution in [-0.2, 0) is 17.4 Å². The van der Waals surface area contributed by atoms with Crippen molar-refractivity contribution in [1.29, 1.82) is 0 Å². The molecule has 1 saturated carbocycles. The average molecular weight is 591 g/mol. The number of carbonyl (C=O) groups excluding carboxylic acids is 2. The number of nitrogens with zero attached hydrogens (tertiary/aromatic N) is 4. The minimum Gasteiger partial charge on any atom is -0.495 e. The molecular formula is C30H41F3N6O3. The molecule has 0 radical (unpaired) electrons. The number of amides is 2. The van der Waals surface area contributed by atoms with Gasteiger partial charge in [-0.15, -0.1) is 0 Å². The Labute approximate surface area is 245 Å². The van der Waals surface area contributed by atoms with Crippen LogP contribution in [0.15, 0.2) is 24.4 Å². The van der Waals surface area contributed by atoms with E-state index in [4.69, 9.17) is 4.74 Å². The van der Waals surface area contributed by atoms with Gasteiger partial charge in [0, 0.05) is 37.3 Å². The number of benzene rings is 1. The smallest absolute Gasteiger partial charge is 0.419 e. The van der Waals surface area contributed by atoms with Crippen molar-refractivity contribution in [2.75, 3.05) is 39.1 Å². The van der Waals surface area contributed by atoms with E-state index in [1.807, 2.05) is 6.92 Å². The lowest BCUT2D eigenvalue weighted by Crippen LogP contribution is -2.45. The average Bonchev–Trinajstić information content (AvgIpc) is 2.95. The van der Waals surface area contributed by atoms with Crippen LogP contribution in [0.5, 0.6) is 5.75 Å². The maximum atomic E-state index is 14.0. The molecule has 9 nitrogen and oxygen atoms in total. The number of ether oxygens (including phenoxy) is 1. The van der Waals surface area contributed by atoms with E-state index < -0.39 is 11.7 Å². The van der Waals surface area contributed by atoms with Crippen molar-refractivity contribution in [2.45, 2.75) is 77.1 Å². The Morgan fingerprint density at radius 1 is 1.14 bits per heavy atom. The highest BCUT2D eigenvalue weighted by Gasteiger charge is 2.38. The third-order valence-electron chi connectivity index (χ3n) is 8.41. The summed E-state index contributed by atoms with van der Waals surface area (Å²) in [7, 11) is 3.51. The second kappa shape index (κ2) is 13.7. The van der Waals surface area contributed by atoms with Gasteiger partial charge in [0.2, 0.25) is 11.9 Å². The Balaban J connectivity index is 1.55. The van der Waals surface area contributed by atoms with Gasteiger partial charge < -0.3 is 25.2 Å². The van der Waals surface area contributed by atoms with Crippen molar-refractivity contribution in [3.63, 3.8) is 0 Å². The molecule has 2 N–H and O–H groups in total. The Bertz CT molecular complexity index is 1250. The van der Waals surface area contributed by atoms with E-state index in [1.165, 1.54) is 14.0 Å². The summed E-state index contributed by atoms with van der Waals surface area (Å²) in [6.07, 6.45) is 1.30. The summed E-state index contributed by atoms with van der Waals surface area (Å²) in [5, 5.41) is 6.05. The van der Waals surface area contributed by atoms with Crippen LogP contribution in [0.1, 0.15) is 74.0 Å². The van der Waals surface area contributed by atoms with Crippen molar-refractivity contribution in [3.8, 4) is 5.75 Å². The minimum absolute atomic E-state index is 0.00824. The van der Waals surface area contributed by atoms with Gasteiger partial charge in [0.15, 0.2) is 0 Å². The summed E-state index contributed by atoms with van der Waals surface area (Å²) in [5.74, 6) is -0.111. The van der Waals surface area contributed by atoms with Crippen LogP contribution in [0, 0.1) is 5.92 Å². The highest BCUT2D eigenvalue weighted by molar-refractivity contribution is 5.95. The van der Waals surface area contributed by atoms with Gasteiger partial charge in [-0.05, 0) is 83.3 Å². The van der Waals surface area contributed by atoms with Crippen LogP contribution < -0.4 is 15.4 Å². The van der Waals surface area contributed by atoms with Crippen molar-refractivity contribution < 1.29 is 27.5 Å². The molecule has 230 valence electrons. The summed E-state index contributed by atoms with van der Waals surface area (Å²) < 4.78 is 47.5. The summed E-state index contributed by atoms with van der Waals surface area (Å²) in [6, 6.07) is 4.81. The molecule has 1 aromatic heterocycles. The highest BCUT2D eigenvalue weighted by Crippen LogP contribution is 2.37. The molecule has 42 heavy (non-hydrogen) atoms. The predicted molar refractivity (Wildman–Crippen MR) is 154 cm³/mol. The van der Waals surface area contributed by atoms with Crippen molar-refractivity contribution in [1.82, 2.24) is 25.1 Å². The first kappa shape index (κ1) is 31.5. The normalized spacial score (nSPS) is 20.2. The third-order valence-corrected chi connectivity index (χ3v) is 8.41. The van der Waals surface area contributed by atoms with Crippen LogP contribution in [0.2, 0.25) is 0 Å². The van der Waals surface area contributed by atoms with E-state index in [-0.39, 0.29) is 47.9 Å². The van der Waals surface area contributed by atoms with E-state index in [2.05, 4.69) is 32.5 Å². The molecule has 2 atom stereocenters. The van der Waals surface area contributed by atoms with Gasteiger partial charge in [0.25, 0.3) is 5.91 Å². The molecule has 2 amide bonds. The molecule has 2 fully saturated rings. The van der Waals surface area contributed by atoms with Crippen LogP contribution in [0.3, 0.4) is 0 Å². The molecule has 2 aromatic rings. The number of likely N-dealkylation sites (tertiary alicyclic amines) is 1. The first-order valence-electron chi connectivity index (χ1n) is 14.6. The highest BCUT2D eigenvalue weighted by atomic mass is 19.4. The van der Waals surface area contributed by atoms with Crippen LogP contribution >= 0.6 is 0 Å². The standard InChI is InChI=1S/C30H41F3N6O3/c1-5-39(19(2)40)26-9-7-6-8-20(26)16-25-23(30(31,32)33)18-34-29(37-25)36-24-11-10-21(17-27(24)42-4)28(41)35-22-12-14-38(3)15-13-22/h10-11,17-18,20,22,26H,5-9,12-16H2,1-4H3,(H,35,41)(H,34,36,37)/t20-,26+/m0/s1. The largest absolute Gasteiger partial charge is 0.495 e. The molecule has 0 bridgehead atoms. The topological polar surface area (TPSA) is 99.7 Å². The molecule has 0 spiro atoms. The van der Waals surface area contributed by atoms with Gasteiger partial charge in [-0.1, -0.05) is 12.8 Å². The van der Waals surface area contributed by atoms with E-state index in [9.17, 15) is 22.8 Å². The molecular weight excluding hydrogens is 549 g/mol. The number of carbonyl (C=O) groups is 2. The second-order valence-corrected chi connectivity index (χ2v) is 11.3. The Morgan fingerprint density at radius 2 is 1.86 bits per heavy atom. The minimum atomic E-state index is -4.62. The molecule has 2 aliphatic rings. The SMILES string of the molecule is CCN(C(C)=O)[C@@H]1CCCC[C@H]1Cc1nc(Nc2ccc(C(=O)NC3CCN(C)CC3)cc2OC)ncc1C(F)(F)F. The molecule has 1 aromatic carbocycles. The zero-order valence-corrected chi connectivity index (χ0v) is 24.8. The fourth-order valence-electron chi connectivity index (χ4n) is 6.12. The van der Waals surface area contributed by atoms with E-state index in [1.54, 1.807) is 23.1 Å². The summed E-state index contributed by atoms with van der Waals surface area (Å²) >= 11 is 0. The maximum absolute atomic E-state index is 14.0. The second-order valence-electron chi connectivity index (χ2n) is 11.3. The first-order chi connectivity index (χ1) is 20.0. The van der Waals surface area contributed by atoms with Crippen molar-refractivity contribution >= 4 is 23.5 Å². The number of rotatable bonds is 9. The maximum Gasteiger partial charge on any atom is 0.419 e. The molecule has 2 heterocycles. The summed E-state index contributed by atoms with van der Waals surface area (Å²) in [4.78, 5) is 37.4. The lowest BCUT2D eigenvalue weighted by molar-refractivity contribution is -0.139. The Morgan fingerprint density at radius 3 is 2.50 bits per heavy atom. The Kier molecular flexibility index (Phi) is 10.3. The number of nitrogens with one attached hydrogen (secondary N) is 2.